The largest absolute Gasteiger partial charge is 0.489 e. The lowest BCUT2D eigenvalue weighted by Crippen LogP contribution is -2.44. The fraction of sp³-hybridized carbons (Fsp3) is 0.346. The Morgan fingerprint density at radius 1 is 1.24 bits per heavy atom. The van der Waals surface area contributed by atoms with E-state index in [9.17, 15) is 18.0 Å². The molecule has 3 rings (SSSR count). The first-order valence-electron chi connectivity index (χ1n) is 12.0. The highest BCUT2D eigenvalue weighted by molar-refractivity contribution is 7.93. The SMILES string of the molecule is CCOC(=O)CS(=O)(=O)N(CC=Cc1cccc(C#N)c1)c1ccc(OC2CCN(C(N)=O)CC2)c(Cl)c1. The number of carbonyl (C=O) groups excluding carboxylic acids is 2. The smallest absolute Gasteiger partial charge is 0.323 e. The zero-order valence-corrected chi connectivity index (χ0v) is 22.5. The molecule has 1 aliphatic rings. The van der Waals surface area contributed by atoms with Crippen molar-refractivity contribution in [3.8, 4) is 11.8 Å². The fourth-order valence-electron chi connectivity index (χ4n) is 3.92. The summed E-state index contributed by atoms with van der Waals surface area (Å²) in [5.41, 5.74) is 6.76. The third kappa shape index (κ3) is 7.87. The van der Waals surface area contributed by atoms with Crippen molar-refractivity contribution in [3.05, 3.63) is 64.7 Å². The molecule has 0 aliphatic carbocycles. The second kappa shape index (κ2) is 13.2. The quantitative estimate of drug-likeness (QED) is 0.438. The van der Waals surface area contributed by atoms with Crippen molar-refractivity contribution in [1.29, 1.82) is 5.26 Å². The molecular formula is C26H29ClN4O6S. The van der Waals surface area contributed by atoms with Crippen LogP contribution in [0.15, 0.2) is 48.5 Å². The minimum atomic E-state index is -4.13. The molecule has 0 unspecified atom stereocenters. The molecule has 1 fully saturated rings. The van der Waals surface area contributed by atoms with Crippen molar-refractivity contribution in [2.45, 2.75) is 25.9 Å². The molecule has 1 aliphatic heterocycles. The number of ether oxygens (including phenoxy) is 2. The summed E-state index contributed by atoms with van der Waals surface area (Å²) in [6.07, 6.45) is 4.29. The molecule has 202 valence electrons. The van der Waals surface area contributed by atoms with Crippen LogP contribution in [-0.4, -0.2) is 63.4 Å². The van der Waals surface area contributed by atoms with Gasteiger partial charge in [-0.2, -0.15) is 5.26 Å². The molecule has 0 radical (unpaired) electrons. The molecule has 38 heavy (non-hydrogen) atoms. The Hall–Kier alpha value is -3.75. The van der Waals surface area contributed by atoms with Crippen molar-refractivity contribution >= 4 is 45.4 Å². The average Bonchev–Trinajstić information content (AvgIpc) is 2.88. The number of halogens is 1. The van der Waals surface area contributed by atoms with Gasteiger partial charge in [0.05, 0.1) is 35.5 Å². The van der Waals surface area contributed by atoms with Crippen LogP contribution in [0.4, 0.5) is 10.5 Å². The van der Waals surface area contributed by atoms with Crippen LogP contribution in [0.2, 0.25) is 5.02 Å². The number of nitrogens with zero attached hydrogens (tertiary/aromatic N) is 3. The lowest BCUT2D eigenvalue weighted by molar-refractivity contribution is -0.139. The lowest BCUT2D eigenvalue weighted by atomic mass is 10.1. The number of hydrogen-bond acceptors (Lipinski definition) is 7. The molecule has 0 spiro atoms. The maximum absolute atomic E-state index is 13.2. The number of rotatable bonds is 10. The number of carbonyl (C=O) groups is 2. The highest BCUT2D eigenvalue weighted by atomic mass is 35.5. The molecule has 12 heteroatoms. The van der Waals surface area contributed by atoms with Gasteiger partial charge in [0, 0.05) is 25.9 Å². The molecule has 0 bridgehead atoms. The Kier molecular flexibility index (Phi) is 9.98. The highest BCUT2D eigenvalue weighted by Crippen LogP contribution is 2.32. The number of esters is 1. The first-order valence-corrected chi connectivity index (χ1v) is 13.9. The topological polar surface area (TPSA) is 143 Å². The molecule has 0 saturated carbocycles. The molecule has 2 amide bonds. The number of sulfonamides is 1. The number of nitrogens with two attached hydrogens (primary N) is 1. The highest BCUT2D eigenvalue weighted by Gasteiger charge is 2.27. The number of benzene rings is 2. The minimum Gasteiger partial charge on any atom is -0.489 e. The van der Waals surface area contributed by atoms with E-state index in [1.807, 2.05) is 0 Å². The van der Waals surface area contributed by atoms with E-state index in [4.69, 9.17) is 32.1 Å². The molecule has 2 aromatic carbocycles. The van der Waals surface area contributed by atoms with E-state index in [-0.39, 0.29) is 30.0 Å². The van der Waals surface area contributed by atoms with E-state index >= 15 is 0 Å². The summed E-state index contributed by atoms with van der Waals surface area (Å²) in [4.78, 5) is 24.9. The van der Waals surface area contributed by atoms with Crippen LogP contribution >= 0.6 is 11.6 Å². The summed E-state index contributed by atoms with van der Waals surface area (Å²) < 4.78 is 38.3. The predicted octanol–water partition coefficient (Wildman–Crippen LogP) is 3.55. The summed E-state index contributed by atoms with van der Waals surface area (Å²) in [5.74, 6) is -1.33. The average molecular weight is 561 g/mol. The summed E-state index contributed by atoms with van der Waals surface area (Å²) in [6, 6.07) is 13.0. The van der Waals surface area contributed by atoms with Gasteiger partial charge in [0.15, 0.2) is 5.75 Å². The second-order valence-corrected chi connectivity index (χ2v) is 10.8. The van der Waals surface area contributed by atoms with E-state index in [1.54, 1.807) is 60.4 Å². The number of likely N-dealkylation sites (tertiary alicyclic amines) is 1. The fourth-order valence-corrected chi connectivity index (χ4v) is 5.42. The van der Waals surface area contributed by atoms with Gasteiger partial charge >= 0.3 is 12.0 Å². The van der Waals surface area contributed by atoms with Gasteiger partial charge in [0.1, 0.15) is 11.9 Å². The number of primary amides is 1. The molecule has 0 atom stereocenters. The van der Waals surface area contributed by atoms with Crippen molar-refractivity contribution in [2.75, 3.05) is 36.3 Å². The van der Waals surface area contributed by atoms with Crippen LogP contribution in [0.25, 0.3) is 6.08 Å². The van der Waals surface area contributed by atoms with E-state index in [0.29, 0.717) is 37.2 Å². The monoisotopic (exact) mass is 560 g/mol. The van der Waals surface area contributed by atoms with Crippen LogP contribution in [-0.2, 0) is 19.6 Å². The Balaban J connectivity index is 1.81. The minimum absolute atomic E-state index is 0.0553. The van der Waals surface area contributed by atoms with E-state index in [0.717, 1.165) is 9.87 Å². The van der Waals surface area contributed by atoms with Crippen molar-refractivity contribution < 1.29 is 27.5 Å². The number of nitriles is 1. The van der Waals surface area contributed by atoms with Crippen molar-refractivity contribution in [2.24, 2.45) is 5.73 Å². The standard InChI is InChI=1S/C26H29ClN4O6S/c1-2-36-25(32)18-38(34,35)31(12-4-7-19-5-3-6-20(15-19)17-28)21-8-9-24(23(27)16-21)37-22-10-13-30(14-11-22)26(29)33/h3-9,15-16,22H,2,10-14,18H2,1H3,(H2,29,33). The molecule has 1 heterocycles. The van der Waals surface area contributed by atoms with Gasteiger partial charge in [0.25, 0.3) is 0 Å². The van der Waals surface area contributed by atoms with Crippen LogP contribution in [0.5, 0.6) is 5.75 Å². The Morgan fingerprint density at radius 2 is 1.97 bits per heavy atom. The van der Waals surface area contributed by atoms with Gasteiger partial charge in [-0.25, -0.2) is 13.2 Å². The van der Waals surface area contributed by atoms with Crippen molar-refractivity contribution in [1.82, 2.24) is 4.90 Å². The van der Waals surface area contributed by atoms with Gasteiger partial charge in [-0.1, -0.05) is 35.9 Å². The van der Waals surface area contributed by atoms with Crippen molar-refractivity contribution in [3.63, 3.8) is 0 Å². The summed E-state index contributed by atoms with van der Waals surface area (Å²) in [5, 5.41) is 9.29. The molecule has 2 N–H and O–H groups in total. The van der Waals surface area contributed by atoms with E-state index < -0.39 is 27.8 Å². The molecule has 2 aromatic rings. The number of hydrogen-bond donors (Lipinski definition) is 1. The van der Waals surface area contributed by atoms with E-state index in [2.05, 4.69) is 6.07 Å². The van der Waals surface area contributed by atoms with Gasteiger partial charge < -0.3 is 20.1 Å². The van der Waals surface area contributed by atoms with Crippen LogP contribution in [0, 0.1) is 11.3 Å². The maximum atomic E-state index is 13.2. The van der Waals surface area contributed by atoms with E-state index in [1.165, 1.54) is 6.07 Å². The number of anilines is 1. The Bertz CT molecular complexity index is 1330. The van der Waals surface area contributed by atoms with Crippen LogP contribution in [0.3, 0.4) is 0 Å². The summed E-state index contributed by atoms with van der Waals surface area (Å²) in [7, 11) is -4.13. The maximum Gasteiger partial charge on any atom is 0.323 e. The van der Waals surface area contributed by atoms with Gasteiger partial charge in [-0.15, -0.1) is 0 Å². The number of piperidine rings is 1. The van der Waals surface area contributed by atoms with Gasteiger partial charge in [0.2, 0.25) is 10.0 Å². The second-order valence-electron chi connectivity index (χ2n) is 8.49. The molecule has 1 saturated heterocycles. The third-order valence-corrected chi connectivity index (χ3v) is 7.72. The van der Waals surface area contributed by atoms with Crippen LogP contribution < -0.4 is 14.8 Å². The lowest BCUT2D eigenvalue weighted by Gasteiger charge is -2.31. The predicted molar refractivity (Wildman–Crippen MR) is 144 cm³/mol. The molecule has 10 nitrogen and oxygen atoms in total. The Labute approximate surface area is 227 Å². The zero-order chi connectivity index (χ0) is 27.7. The first kappa shape index (κ1) is 28.8. The third-order valence-electron chi connectivity index (χ3n) is 5.79. The van der Waals surface area contributed by atoms with Crippen LogP contribution in [0.1, 0.15) is 30.9 Å². The van der Waals surface area contributed by atoms with Gasteiger partial charge in [-0.3, -0.25) is 9.10 Å². The van der Waals surface area contributed by atoms with Gasteiger partial charge in [-0.05, 0) is 42.8 Å². The normalized spacial score (nSPS) is 14.2. The molecule has 0 aromatic heterocycles. The first-order chi connectivity index (χ1) is 18.1. The number of urea groups is 1. The zero-order valence-electron chi connectivity index (χ0n) is 20.9. The summed E-state index contributed by atoms with van der Waals surface area (Å²) >= 11 is 6.47. The molecular weight excluding hydrogens is 532 g/mol. The summed E-state index contributed by atoms with van der Waals surface area (Å²) in [6.45, 7) is 2.50. The number of amides is 2. The Morgan fingerprint density at radius 3 is 2.61 bits per heavy atom.